The van der Waals surface area contributed by atoms with E-state index in [4.69, 9.17) is 10.8 Å². The smallest absolute Gasteiger partial charge is 0.303 e. The van der Waals surface area contributed by atoms with E-state index in [2.05, 4.69) is 10.6 Å². The molecule has 0 aliphatic carbocycles. The molecule has 8 heteroatoms. The van der Waals surface area contributed by atoms with Gasteiger partial charge in [-0.3, -0.25) is 19.2 Å². The van der Waals surface area contributed by atoms with Gasteiger partial charge in [0.1, 0.15) is 6.04 Å². The van der Waals surface area contributed by atoms with Crippen molar-refractivity contribution < 1.29 is 24.3 Å². The molecule has 0 radical (unpaired) electrons. The van der Waals surface area contributed by atoms with Gasteiger partial charge in [-0.25, -0.2) is 0 Å². The average Bonchev–Trinajstić information content (AvgIpc) is 2.44. The zero-order chi connectivity index (χ0) is 17.0. The minimum absolute atomic E-state index is 0.0719. The van der Waals surface area contributed by atoms with Gasteiger partial charge in [0.05, 0.1) is 12.6 Å². The Balaban J connectivity index is 0. The average molecular weight is 303 g/mol. The molecule has 21 heavy (non-hydrogen) atoms. The lowest BCUT2D eigenvalue weighted by molar-refractivity contribution is -0.138. The number of Topliss-reactive ketones (excluding diaryl/α,β-unsaturated/α-hetero) is 1. The maximum Gasteiger partial charge on any atom is 0.303 e. The van der Waals surface area contributed by atoms with Gasteiger partial charge in [-0.15, -0.1) is 0 Å². The molecule has 2 amide bonds. The Labute approximate surface area is 124 Å². The second-order valence-corrected chi connectivity index (χ2v) is 4.10. The molecule has 5 N–H and O–H groups in total. The maximum atomic E-state index is 11.8. The molecule has 2 atom stereocenters. The molecule has 0 bridgehead atoms. The van der Waals surface area contributed by atoms with Crippen LogP contribution in [0.3, 0.4) is 0 Å². The molecule has 0 fully saturated rings. The van der Waals surface area contributed by atoms with E-state index in [1.54, 1.807) is 0 Å². The predicted molar refractivity (Wildman–Crippen MR) is 77.5 cm³/mol. The van der Waals surface area contributed by atoms with Gasteiger partial charge in [-0.1, -0.05) is 13.8 Å². The maximum absolute atomic E-state index is 11.8. The highest BCUT2D eigenvalue weighted by molar-refractivity contribution is 5.92. The van der Waals surface area contributed by atoms with Crippen LogP contribution in [0.4, 0.5) is 0 Å². The van der Waals surface area contributed by atoms with E-state index in [0.29, 0.717) is 0 Å². The zero-order valence-corrected chi connectivity index (χ0v) is 12.9. The van der Waals surface area contributed by atoms with Crippen molar-refractivity contribution in [3.63, 3.8) is 0 Å². The molecule has 0 rings (SSSR count). The molecule has 2 unspecified atom stereocenters. The number of nitrogens with one attached hydrogen (secondary N) is 2. The van der Waals surface area contributed by atoms with Crippen molar-refractivity contribution in [2.75, 3.05) is 6.54 Å². The second kappa shape index (κ2) is 11.8. The number of carboxylic acid groups (broad SMARTS) is 1. The lowest BCUT2D eigenvalue weighted by Gasteiger charge is -2.19. The molecular weight excluding hydrogens is 278 g/mol. The monoisotopic (exact) mass is 303 g/mol. The van der Waals surface area contributed by atoms with Gasteiger partial charge in [-0.05, 0) is 20.3 Å². The fraction of sp³-hybridized carbons (Fsp3) is 0.692. The van der Waals surface area contributed by atoms with E-state index in [1.807, 2.05) is 13.8 Å². The number of nitrogens with two attached hydrogens (primary N) is 1. The minimum atomic E-state index is -1.08. The van der Waals surface area contributed by atoms with E-state index in [0.717, 1.165) is 0 Å². The Morgan fingerprint density at radius 1 is 1.14 bits per heavy atom. The summed E-state index contributed by atoms with van der Waals surface area (Å²) in [4.78, 5) is 44.5. The van der Waals surface area contributed by atoms with Crippen molar-refractivity contribution >= 4 is 23.6 Å². The molecule has 0 saturated heterocycles. The molecular formula is C13H25N3O5. The van der Waals surface area contributed by atoms with Gasteiger partial charge in [0.15, 0.2) is 5.78 Å². The number of carboxylic acids is 1. The van der Waals surface area contributed by atoms with Crippen molar-refractivity contribution in [2.45, 2.75) is 52.6 Å². The van der Waals surface area contributed by atoms with E-state index in [9.17, 15) is 19.2 Å². The summed E-state index contributed by atoms with van der Waals surface area (Å²) in [5.74, 6) is -2.50. The van der Waals surface area contributed by atoms with Crippen LogP contribution >= 0.6 is 0 Å². The molecule has 0 heterocycles. The van der Waals surface area contributed by atoms with Gasteiger partial charge in [0.2, 0.25) is 11.8 Å². The first-order valence-corrected chi connectivity index (χ1v) is 6.80. The number of aliphatic carboxylic acids is 1. The van der Waals surface area contributed by atoms with Crippen molar-refractivity contribution in [2.24, 2.45) is 5.73 Å². The SMILES string of the molecule is CC.CC(=O)C(C)NC(=O)C(CCC(=O)O)NC(=O)CN. The van der Waals surface area contributed by atoms with Crippen LogP contribution in [0.5, 0.6) is 0 Å². The van der Waals surface area contributed by atoms with Gasteiger partial charge in [0.25, 0.3) is 0 Å². The summed E-state index contributed by atoms with van der Waals surface area (Å²) in [7, 11) is 0. The molecule has 0 aromatic rings. The van der Waals surface area contributed by atoms with Gasteiger partial charge in [0, 0.05) is 6.42 Å². The number of hydrogen-bond donors (Lipinski definition) is 4. The summed E-state index contributed by atoms with van der Waals surface area (Å²) in [6, 6.07) is -1.72. The Hall–Kier alpha value is -1.96. The van der Waals surface area contributed by atoms with E-state index >= 15 is 0 Å². The van der Waals surface area contributed by atoms with E-state index in [1.165, 1.54) is 13.8 Å². The van der Waals surface area contributed by atoms with E-state index in [-0.39, 0.29) is 25.2 Å². The molecule has 8 nitrogen and oxygen atoms in total. The van der Waals surface area contributed by atoms with Gasteiger partial charge in [-0.2, -0.15) is 0 Å². The van der Waals surface area contributed by atoms with Gasteiger partial charge >= 0.3 is 5.97 Å². The molecule has 122 valence electrons. The summed E-state index contributed by atoms with van der Waals surface area (Å²) in [5, 5.41) is 13.3. The minimum Gasteiger partial charge on any atom is -0.481 e. The predicted octanol–water partition coefficient (Wildman–Crippen LogP) is -0.585. The highest BCUT2D eigenvalue weighted by atomic mass is 16.4. The number of amides is 2. The number of rotatable bonds is 8. The van der Waals surface area contributed by atoms with Crippen LogP contribution < -0.4 is 16.4 Å². The Kier molecular flexibility index (Phi) is 12.0. The lowest BCUT2D eigenvalue weighted by Crippen LogP contribution is -2.51. The summed E-state index contributed by atoms with van der Waals surface area (Å²) >= 11 is 0. The first-order valence-electron chi connectivity index (χ1n) is 6.80. The number of carbonyl (C=O) groups is 4. The summed E-state index contributed by atoms with van der Waals surface area (Å²) in [6.07, 6.45) is -0.352. The second-order valence-electron chi connectivity index (χ2n) is 4.10. The van der Waals surface area contributed by atoms with E-state index < -0.39 is 29.9 Å². The van der Waals surface area contributed by atoms with Crippen LogP contribution in [0.25, 0.3) is 0 Å². The molecule has 0 aliphatic heterocycles. The first kappa shape index (κ1) is 21.3. The lowest BCUT2D eigenvalue weighted by atomic mass is 10.1. The quantitative estimate of drug-likeness (QED) is 0.473. The topological polar surface area (TPSA) is 139 Å². The highest BCUT2D eigenvalue weighted by Gasteiger charge is 2.23. The van der Waals surface area contributed by atoms with Crippen LogP contribution in [-0.4, -0.2) is 47.3 Å². The van der Waals surface area contributed by atoms with Crippen molar-refractivity contribution in [1.29, 1.82) is 0 Å². The Bertz CT molecular complexity index is 371. The number of hydrogen-bond acceptors (Lipinski definition) is 5. The molecule has 0 aromatic heterocycles. The van der Waals surface area contributed by atoms with Crippen LogP contribution in [0.2, 0.25) is 0 Å². The van der Waals surface area contributed by atoms with Crippen LogP contribution in [0, 0.1) is 0 Å². The zero-order valence-electron chi connectivity index (χ0n) is 12.9. The van der Waals surface area contributed by atoms with Crippen LogP contribution in [-0.2, 0) is 19.2 Å². The van der Waals surface area contributed by atoms with Gasteiger partial charge < -0.3 is 21.5 Å². The normalized spacial score (nSPS) is 12.2. The standard InChI is InChI=1S/C11H19N3O5.C2H6/c1-6(7(2)15)13-11(19)8(3-4-10(17)18)14-9(16)5-12;1-2/h6,8H,3-5,12H2,1-2H3,(H,13,19)(H,14,16)(H,17,18);1-2H3. The molecule has 0 aliphatic rings. The summed E-state index contributed by atoms with van der Waals surface area (Å²) < 4.78 is 0. The third kappa shape index (κ3) is 10.5. The van der Waals surface area contributed by atoms with Crippen LogP contribution in [0.1, 0.15) is 40.5 Å². The summed E-state index contributed by atoms with van der Waals surface area (Å²) in [5.41, 5.74) is 5.11. The molecule has 0 spiro atoms. The fourth-order valence-corrected chi connectivity index (χ4v) is 1.21. The largest absolute Gasteiger partial charge is 0.481 e. The highest BCUT2D eigenvalue weighted by Crippen LogP contribution is 1.99. The Morgan fingerprint density at radius 3 is 2.05 bits per heavy atom. The summed E-state index contributed by atoms with van der Waals surface area (Å²) in [6.45, 7) is 6.51. The Morgan fingerprint density at radius 2 is 1.67 bits per heavy atom. The fourth-order valence-electron chi connectivity index (χ4n) is 1.21. The molecule has 0 saturated carbocycles. The van der Waals surface area contributed by atoms with Crippen molar-refractivity contribution in [1.82, 2.24) is 10.6 Å². The first-order chi connectivity index (χ1) is 9.77. The number of carbonyl (C=O) groups excluding carboxylic acids is 3. The third-order valence-corrected chi connectivity index (χ3v) is 2.45. The van der Waals surface area contributed by atoms with Crippen molar-refractivity contribution in [3.05, 3.63) is 0 Å². The van der Waals surface area contributed by atoms with Crippen LogP contribution in [0.15, 0.2) is 0 Å². The third-order valence-electron chi connectivity index (χ3n) is 2.45. The molecule has 0 aromatic carbocycles. The van der Waals surface area contributed by atoms with Crippen molar-refractivity contribution in [3.8, 4) is 0 Å². The number of ketones is 1.